The van der Waals surface area contributed by atoms with Gasteiger partial charge in [-0.3, -0.25) is 14.9 Å². The van der Waals surface area contributed by atoms with Gasteiger partial charge in [-0.15, -0.1) is 0 Å². The number of anilines is 1. The average molecular weight is 250 g/mol. The van der Waals surface area contributed by atoms with Crippen molar-refractivity contribution >= 4 is 17.7 Å². The van der Waals surface area contributed by atoms with E-state index < -0.39 is 11.0 Å². The minimum absolute atomic E-state index is 0.0327. The summed E-state index contributed by atoms with van der Waals surface area (Å²) in [5.41, 5.74) is 0.772. The van der Waals surface area contributed by atoms with Crippen LogP contribution in [0.1, 0.15) is 23.2 Å². The summed E-state index contributed by atoms with van der Waals surface area (Å²) in [6.45, 7) is 1.02. The fourth-order valence-corrected chi connectivity index (χ4v) is 2.19. The van der Waals surface area contributed by atoms with E-state index in [-0.39, 0.29) is 5.69 Å². The first-order valence-electron chi connectivity index (χ1n) is 5.78. The van der Waals surface area contributed by atoms with E-state index in [0.717, 1.165) is 6.42 Å². The molecular weight excluding hydrogens is 236 g/mol. The van der Waals surface area contributed by atoms with Crippen molar-refractivity contribution in [3.05, 3.63) is 33.9 Å². The van der Waals surface area contributed by atoms with Crippen LogP contribution >= 0.6 is 0 Å². The Hall–Kier alpha value is -1.95. The van der Waals surface area contributed by atoms with Crippen LogP contribution in [0.25, 0.3) is 0 Å². The third kappa shape index (κ3) is 2.48. The first-order valence-corrected chi connectivity index (χ1v) is 5.78. The van der Waals surface area contributed by atoms with Crippen molar-refractivity contribution < 1.29 is 14.8 Å². The van der Waals surface area contributed by atoms with E-state index in [9.17, 15) is 20.0 Å². The van der Waals surface area contributed by atoms with Crippen molar-refractivity contribution in [2.75, 3.05) is 18.0 Å². The lowest BCUT2D eigenvalue weighted by atomic mass is 10.1. The molecule has 6 heteroatoms. The number of aliphatic hydroxyl groups excluding tert-OH is 1. The SMILES string of the molecule is O=Cc1ccc([N+](=O)[O-])c(N2CCC[C@H](O)C2)c1. The number of β-amino-alcohol motifs (C(OH)–C–C–N with tert-alkyl or cyclic N) is 1. The molecule has 96 valence electrons. The van der Waals surface area contributed by atoms with Crippen molar-refractivity contribution in [3.63, 3.8) is 0 Å². The number of aliphatic hydroxyl groups is 1. The molecule has 1 N–H and O–H groups in total. The molecule has 2 rings (SSSR count). The van der Waals surface area contributed by atoms with Gasteiger partial charge in [0.2, 0.25) is 0 Å². The quantitative estimate of drug-likeness (QED) is 0.497. The van der Waals surface area contributed by atoms with Crippen LogP contribution in [0, 0.1) is 10.1 Å². The van der Waals surface area contributed by atoms with E-state index in [2.05, 4.69) is 0 Å². The highest BCUT2D eigenvalue weighted by atomic mass is 16.6. The summed E-state index contributed by atoms with van der Waals surface area (Å²) in [6, 6.07) is 4.26. The predicted octanol–water partition coefficient (Wildman–Crippen LogP) is 1.37. The van der Waals surface area contributed by atoms with Crippen LogP contribution in [0.5, 0.6) is 0 Å². The van der Waals surface area contributed by atoms with E-state index in [1.54, 1.807) is 4.90 Å². The molecule has 0 radical (unpaired) electrons. The number of aldehydes is 1. The summed E-state index contributed by atoms with van der Waals surface area (Å²) in [6.07, 6.45) is 1.67. The Morgan fingerprint density at radius 1 is 1.50 bits per heavy atom. The van der Waals surface area contributed by atoms with Crippen LogP contribution in [0.15, 0.2) is 18.2 Å². The maximum absolute atomic E-state index is 11.0. The largest absolute Gasteiger partial charge is 0.391 e. The number of hydrogen-bond donors (Lipinski definition) is 1. The Labute approximate surface area is 104 Å². The van der Waals surface area contributed by atoms with Crippen molar-refractivity contribution in [2.45, 2.75) is 18.9 Å². The first-order chi connectivity index (χ1) is 8.61. The summed E-state index contributed by atoms with van der Waals surface area (Å²) in [4.78, 5) is 23.0. The van der Waals surface area contributed by atoms with Crippen LogP contribution in [0.2, 0.25) is 0 Å². The van der Waals surface area contributed by atoms with E-state index in [4.69, 9.17) is 0 Å². The Bertz CT molecular complexity index is 475. The van der Waals surface area contributed by atoms with Crippen LogP contribution in [-0.2, 0) is 0 Å². The van der Waals surface area contributed by atoms with Crippen molar-refractivity contribution in [2.24, 2.45) is 0 Å². The van der Waals surface area contributed by atoms with E-state index >= 15 is 0 Å². The third-order valence-corrected chi connectivity index (χ3v) is 3.07. The highest BCUT2D eigenvalue weighted by Gasteiger charge is 2.24. The summed E-state index contributed by atoms with van der Waals surface area (Å²) >= 11 is 0. The second kappa shape index (κ2) is 5.14. The predicted molar refractivity (Wildman–Crippen MR) is 65.9 cm³/mol. The normalized spacial score (nSPS) is 19.6. The highest BCUT2D eigenvalue weighted by Crippen LogP contribution is 2.31. The van der Waals surface area contributed by atoms with Gasteiger partial charge in [-0.25, -0.2) is 0 Å². The molecular formula is C12H14N2O4. The number of piperidine rings is 1. The Kier molecular flexibility index (Phi) is 3.57. The lowest BCUT2D eigenvalue weighted by Gasteiger charge is -2.31. The lowest BCUT2D eigenvalue weighted by molar-refractivity contribution is -0.384. The first kappa shape index (κ1) is 12.5. The molecule has 0 amide bonds. The van der Waals surface area contributed by atoms with Crippen LogP contribution < -0.4 is 4.90 Å². The topological polar surface area (TPSA) is 83.7 Å². The van der Waals surface area contributed by atoms with E-state index in [1.807, 2.05) is 0 Å². The Balaban J connectivity index is 2.39. The fraction of sp³-hybridized carbons (Fsp3) is 0.417. The molecule has 18 heavy (non-hydrogen) atoms. The maximum Gasteiger partial charge on any atom is 0.292 e. The van der Waals surface area contributed by atoms with Gasteiger partial charge in [0.05, 0.1) is 11.0 Å². The van der Waals surface area contributed by atoms with Crippen LogP contribution in [0.3, 0.4) is 0 Å². The van der Waals surface area contributed by atoms with Gasteiger partial charge >= 0.3 is 0 Å². The Morgan fingerprint density at radius 2 is 2.28 bits per heavy atom. The van der Waals surface area contributed by atoms with Gasteiger partial charge in [0.15, 0.2) is 0 Å². The number of nitro groups is 1. The molecule has 0 unspecified atom stereocenters. The van der Waals surface area contributed by atoms with Gasteiger partial charge in [0, 0.05) is 24.7 Å². The minimum atomic E-state index is -0.474. The molecule has 6 nitrogen and oxygen atoms in total. The molecule has 1 fully saturated rings. The molecule has 1 aliphatic rings. The standard InChI is InChI=1S/C12H14N2O4/c15-8-9-3-4-11(14(17)18)12(6-9)13-5-1-2-10(16)7-13/h3-4,6,8,10,16H,1-2,5,7H2/t10-/m0/s1. The number of hydrogen-bond acceptors (Lipinski definition) is 5. The fourth-order valence-electron chi connectivity index (χ4n) is 2.19. The maximum atomic E-state index is 11.0. The number of nitrogens with zero attached hydrogens (tertiary/aromatic N) is 2. The molecule has 1 aliphatic heterocycles. The van der Waals surface area contributed by atoms with Gasteiger partial charge in [0.1, 0.15) is 12.0 Å². The smallest absolute Gasteiger partial charge is 0.292 e. The molecule has 1 heterocycles. The second-order valence-corrected chi connectivity index (χ2v) is 4.37. The molecule has 1 saturated heterocycles. The van der Waals surface area contributed by atoms with Gasteiger partial charge < -0.3 is 10.0 Å². The number of rotatable bonds is 3. The van der Waals surface area contributed by atoms with E-state index in [1.165, 1.54) is 18.2 Å². The summed E-state index contributed by atoms with van der Waals surface area (Å²) < 4.78 is 0. The van der Waals surface area contributed by atoms with Crippen molar-refractivity contribution in [1.29, 1.82) is 0 Å². The number of nitro benzene ring substituents is 1. The number of benzene rings is 1. The molecule has 1 aromatic carbocycles. The zero-order chi connectivity index (χ0) is 13.1. The van der Waals surface area contributed by atoms with Crippen LogP contribution in [0.4, 0.5) is 11.4 Å². The van der Waals surface area contributed by atoms with Gasteiger partial charge in [-0.1, -0.05) is 0 Å². The van der Waals surface area contributed by atoms with Gasteiger partial charge in [0.25, 0.3) is 5.69 Å². The zero-order valence-corrected chi connectivity index (χ0v) is 9.78. The summed E-state index contributed by atoms with van der Waals surface area (Å²) in [5, 5.41) is 20.6. The molecule has 0 spiro atoms. The van der Waals surface area contributed by atoms with Crippen molar-refractivity contribution in [3.8, 4) is 0 Å². The minimum Gasteiger partial charge on any atom is -0.391 e. The molecule has 0 aromatic heterocycles. The molecule has 1 aromatic rings. The lowest BCUT2D eigenvalue weighted by Crippen LogP contribution is -2.38. The summed E-state index contributed by atoms with van der Waals surface area (Å²) in [5.74, 6) is 0. The van der Waals surface area contributed by atoms with Gasteiger partial charge in [-0.05, 0) is 25.0 Å². The Morgan fingerprint density at radius 3 is 2.89 bits per heavy atom. The van der Waals surface area contributed by atoms with E-state index in [0.29, 0.717) is 37.0 Å². The number of carbonyl (C=O) groups excluding carboxylic acids is 1. The average Bonchev–Trinajstić information content (AvgIpc) is 2.38. The molecule has 1 atom stereocenters. The number of carbonyl (C=O) groups is 1. The second-order valence-electron chi connectivity index (χ2n) is 4.37. The highest BCUT2D eigenvalue weighted by molar-refractivity contribution is 5.80. The molecule has 0 saturated carbocycles. The third-order valence-electron chi connectivity index (χ3n) is 3.07. The van der Waals surface area contributed by atoms with Gasteiger partial charge in [-0.2, -0.15) is 0 Å². The zero-order valence-electron chi connectivity index (χ0n) is 9.78. The molecule has 0 aliphatic carbocycles. The monoisotopic (exact) mass is 250 g/mol. The van der Waals surface area contributed by atoms with Crippen molar-refractivity contribution in [1.82, 2.24) is 0 Å². The van der Waals surface area contributed by atoms with Crippen LogP contribution in [-0.4, -0.2) is 35.5 Å². The molecule has 0 bridgehead atoms. The summed E-state index contributed by atoms with van der Waals surface area (Å²) in [7, 11) is 0.